The fourth-order valence-electron chi connectivity index (χ4n) is 2.55. The van der Waals surface area contributed by atoms with E-state index in [1.807, 2.05) is 18.2 Å². The summed E-state index contributed by atoms with van der Waals surface area (Å²) in [5.74, 6) is 0.202. The highest BCUT2D eigenvalue weighted by atomic mass is 16.2. The van der Waals surface area contributed by atoms with E-state index in [2.05, 4.69) is 27.4 Å². The maximum atomic E-state index is 12.0. The van der Waals surface area contributed by atoms with E-state index in [4.69, 9.17) is 0 Å². The lowest BCUT2D eigenvalue weighted by atomic mass is 9.93. The summed E-state index contributed by atoms with van der Waals surface area (Å²) >= 11 is 0. The highest BCUT2D eigenvalue weighted by Crippen LogP contribution is 2.18. The van der Waals surface area contributed by atoms with E-state index in [1.165, 1.54) is 0 Å². The summed E-state index contributed by atoms with van der Waals surface area (Å²) in [7, 11) is 0. The first-order chi connectivity index (χ1) is 9.72. The molecule has 0 radical (unpaired) electrons. The van der Waals surface area contributed by atoms with Crippen molar-refractivity contribution in [2.45, 2.75) is 25.8 Å². The Morgan fingerprint density at radius 3 is 2.90 bits per heavy atom. The summed E-state index contributed by atoms with van der Waals surface area (Å²) in [6.45, 7) is 0.488. The lowest BCUT2D eigenvalue weighted by Crippen LogP contribution is -2.30. The van der Waals surface area contributed by atoms with E-state index in [1.54, 1.807) is 0 Å². The van der Waals surface area contributed by atoms with E-state index in [0.717, 1.165) is 35.9 Å². The molecule has 104 valence electrons. The van der Waals surface area contributed by atoms with Gasteiger partial charge >= 0.3 is 5.69 Å². The van der Waals surface area contributed by atoms with Gasteiger partial charge in [0, 0.05) is 12.5 Å². The smallest absolute Gasteiger partial charge is 0.323 e. The normalized spacial score (nSPS) is 18.3. The molecule has 0 fully saturated rings. The maximum absolute atomic E-state index is 12.0. The molecule has 0 spiro atoms. The van der Waals surface area contributed by atoms with Crippen LogP contribution < -0.4 is 11.0 Å². The van der Waals surface area contributed by atoms with E-state index in [-0.39, 0.29) is 17.5 Å². The van der Waals surface area contributed by atoms with E-state index >= 15 is 0 Å². The van der Waals surface area contributed by atoms with Crippen LogP contribution in [0.1, 0.15) is 24.8 Å². The lowest BCUT2D eigenvalue weighted by Gasteiger charge is -2.17. The minimum atomic E-state index is -0.213. The molecule has 0 saturated heterocycles. The third-order valence-corrected chi connectivity index (χ3v) is 3.69. The number of imidazole rings is 1. The van der Waals surface area contributed by atoms with Crippen molar-refractivity contribution in [3.05, 3.63) is 46.4 Å². The Hall–Kier alpha value is -2.30. The van der Waals surface area contributed by atoms with Gasteiger partial charge in [0.1, 0.15) is 0 Å². The molecule has 0 saturated carbocycles. The number of aromatic amines is 2. The van der Waals surface area contributed by atoms with Crippen LogP contribution in [-0.4, -0.2) is 15.9 Å². The Bertz CT molecular complexity index is 711. The molecule has 5 nitrogen and oxygen atoms in total. The van der Waals surface area contributed by atoms with Crippen LogP contribution in [-0.2, 0) is 11.3 Å². The van der Waals surface area contributed by atoms with Gasteiger partial charge in [-0.1, -0.05) is 18.2 Å². The molecule has 2 aromatic rings. The van der Waals surface area contributed by atoms with Crippen LogP contribution in [0.25, 0.3) is 11.0 Å². The zero-order valence-corrected chi connectivity index (χ0v) is 11.1. The van der Waals surface area contributed by atoms with Crippen molar-refractivity contribution in [3.63, 3.8) is 0 Å². The van der Waals surface area contributed by atoms with Gasteiger partial charge in [0.05, 0.1) is 11.0 Å². The number of aromatic nitrogens is 2. The van der Waals surface area contributed by atoms with Crippen molar-refractivity contribution < 1.29 is 4.79 Å². The number of carbonyl (C=O) groups excluding carboxylic acids is 1. The largest absolute Gasteiger partial charge is 0.352 e. The number of rotatable bonds is 3. The molecule has 0 bridgehead atoms. The second-order valence-electron chi connectivity index (χ2n) is 5.16. The van der Waals surface area contributed by atoms with Gasteiger partial charge in [0.2, 0.25) is 5.91 Å². The summed E-state index contributed by atoms with van der Waals surface area (Å²) in [5, 5.41) is 2.97. The summed E-state index contributed by atoms with van der Waals surface area (Å²) in [5.41, 5.74) is 2.31. The van der Waals surface area contributed by atoms with E-state index in [0.29, 0.717) is 6.54 Å². The number of H-pyrrole nitrogens is 2. The molecule has 1 atom stereocenters. The SMILES string of the molecule is O=C(NCc1ccc2[nH]c(=O)[nH]c2c1)C1CC=CCC1. The number of nitrogens with one attached hydrogen (secondary N) is 3. The predicted molar refractivity (Wildman–Crippen MR) is 77.2 cm³/mol. The number of hydrogen-bond donors (Lipinski definition) is 3. The Morgan fingerprint density at radius 2 is 2.10 bits per heavy atom. The number of fused-ring (bicyclic) bond motifs is 1. The molecule has 20 heavy (non-hydrogen) atoms. The van der Waals surface area contributed by atoms with Gasteiger partial charge in [-0.2, -0.15) is 0 Å². The van der Waals surface area contributed by atoms with Crippen LogP contribution in [0.2, 0.25) is 0 Å². The van der Waals surface area contributed by atoms with Crippen LogP contribution in [0.15, 0.2) is 35.1 Å². The monoisotopic (exact) mass is 271 g/mol. The van der Waals surface area contributed by atoms with Crippen molar-refractivity contribution >= 4 is 16.9 Å². The molecule has 1 heterocycles. The van der Waals surface area contributed by atoms with Crippen molar-refractivity contribution in [3.8, 4) is 0 Å². The quantitative estimate of drug-likeness (QED) is 0.745. The standard InChI is InChI=1S/C15H17N3O2/c19-14(11-4-2-1-3-5-11)16-9-10-6-7-12-13(8-10)18-15(20)17-12/h1-2,6-8,11H,3-5,9H2,(H,16,19)(H2,17,18,20). The Labute approximate surface area is 116 Å². The Morgan fingerprint density at radius 1 is 1.25 bits per heavy atom. The number of carbonyl (C=O) groups is 1. The minimum Gasteiger partial charge on any atom is -0.352 e. The molecular weight excluding hydrogens is 254 g/mol. The molecule has 1 amide bonds. The first kappa shape index (κ1) is 12.7. The van der Waals surface area contributed by atoms with Gasteiger partial charge in [0.25, 0.3) is 0 Å². The van der Waals surface area contributed by atoms with Crippen LogP contribution in [0.4, 0.5) is 0 Å². The van der Waals surface area contributed by atoms with Crippen molar-refractivity contribution in [2.75, 3.05) is 0 Å². The van der Waals surface area contributed by atoms with Crippen LogP contribution in [0.3, 0.4) is 0 Å². The van der Waals surface area contributed by atoms with Crippen molar-refractivity contribution in [1.82, 2.24) is 15.3 Å². The molecule has 0 aliphatic heterocycles. The second-order valence-corrected chi connectivity index (χ2v) is 5.16. The highest BCUT2D eigenvalue weighted by Gasteiger charge is 2.18. The number of benzene rings is 1. The average molecular weight is 271 g/mol. The molecule has 3 rings (SSSR count). The fourth-order valence-corrected chi connectivity index (χ4v) is 2.55. The molecular formula is C15H17N3O2. The van der Waals surface area contributed by atoms with Gasteiger partial charge in [-0.15, -0.1) is 0 Å². The fraction of sp³-hybridized carbons (Fsp3) is 0.333. The number of hydrogen-bond acceptors (Lipinski definition) is 2. The topological polar surface area (TPSA) is 77.8 Å². The van der Waals surface area contributed by atoms with Crippen molar-refractivity contribution in [2.24, 2.45) is 5.92 Å². The third-order valence-electron chi connectivity index (χ3n) is 3.69. The van der Waals surface area contributed by atoms with Gasteiger partial charge in [0.15, 0.2) is 0 Å². The zero-order valence-electron chi connectivity index (χ0n) is 11.1. The van der Waals surface area contributed by atoms with Gasteiger partial charge in [-0.25, -0.2) is 4.79 Å². The third kappa shape index (κ3) is 2.66. The number of amides is 1. The Kier molecular flexibility index (Phi) is 3.41. The maximum Gasteiger partial charge on any atom is 0.323 e. The first-order valence-corrected chi connectivity index (χ1v) is 6.86. The van der Waals surface area contributed by atoms with Crippen molar-refractivity contribution in [1.29, 1.82) is 0 Å². The van der Waals surface area contributed by atoms with Gasteiger partial charge in [-0.05, 0) is 37.0 Å². The number of allylic oxidation sites excluding steroid dienone is 2. The van der Waals surface area contributed by atoms with E-state index < -0.39 is 0 Å². The summed E-state index contributed by atoms with van der Waals surface area (Å²) in [6, 6.07) is 5.64. The molecule has 1 aromatic carbocycles. The molecule has 1 unspecified atom stereocenters. The lowest BCUT2D eigenvalue weighted by molar-refractivity contribution is -0.125. The zero-order chi connectivity index (χ0) is 13.9. The second kappa shape index (κ2) is 5.36. The molecule has 1 aliphatic carbocycles. The van der Waals surface area contributed by atoms with E-state index in [9.17, 15) is 9.59 Å². The van der Waals surface area contributed by atoms with Crippen LogP contribution in [0.5, 0.6) is 0 Å². The minimum absolute atomic E-state index is 0.0933. The van der Waals surface area contributed by atoms with Crippen LogP contribution in [0, 0.1) is 5.92 Å². The first-order valence-electron chi connectivity index (χ1n) is 6.86. The molecule has 1 aliphatic rings. The summed E-state index contributed by atoms with van der Waals surface area (Å²) < 4.78 is 0. The molecule has 1 aromatic heterocycles. The summed E-state index contributed by atoms with van der Waals surface area (Å²) in [4.78, 5) is 28.6. The van der Waals surface area contributed by atoms with Gasteiger partial charge < -0.3 is 15.3 Å². The summed E-state index contributed by atoms with van der Waals surface area (Å²) in [6.07, 6.45) is 6.93. The molecule has 5 heteroatoms. The predicted octanol–water partition coefficient (Wildman–Crippen LogP) is 1.83. The van der Waals surface area contributed by atoms with Gasteiger partial charge in [-0.3, -0.25) is 4.79 Å². The highest BCUT2D eigenvalue weighted by molar-refractivity contribution is 5.79. The molecule has 3 N–H and O–H groups in total. The van der Waals surface area contributed by atoms with Crippen LogP contribution >= 0.6 is 0 Å². The average Bonchev–Trinajstić information content (AvgIpc) is 2.85. The Balaban J connectivity index is 1.65.